The average Bonchev–Trinajstić information content (AvgIpc) is 2.32. The fraction of sp³-hybridized carbons (Fsp3) is 0.0714. The molecule has 17 heavy (non-hydrogen) atoms. The minimum Gasteiger partial charge on any atom is -0.508 e. The van der Waals surface area contributed by atoms with Gasteiger partial charge in [0.25, 0.3) is 0 Å². The van der Waals surface area contributed by atoms with Crippen LogP contribution in [0.15, 0.2) is 42.5 Å². The first-order valence-electron chi connectivity index (χ1n) is 5.16. The third-order valence-electron chi connectivity index (χ3n) is 2.32. The van der Waals surface area contributed by atoms with Crippen LogP contribution >= 0.6 is 0 Å². The molecule has 0 saturated carbocycles. The molecule has 3 heteroatoms. The lowest BCUT2D eigenvalue weighted by Crippen LogP contribution is -1.88. The first-order valence-corrected chi connectivity index (χ1v) is 5.16. The lowest BCUT2D eigenvalue weighted by atomic mass is 10.1. The van der Waals surface area contributed by atoms with Crippen LogP contribution in [0, 0.1) is 18.3 Å². The van der Waals surface area contributed by atoms with Gasteiger partial charge in [0.05, 0.1) is 5.56 Å². The number of hydrogen-bond acceptors (Lipinski definition) is 3. The minimum absolute atomic E-state index is 0.182. The summed E-state index contributed by atoms with van der Waals surface area (Å²) in [7, 11) is 0. The quantitative estimate of drug-likeness (QED) is 0.852. The van der Waals surface area contributed by atoms with Crippen molar-refractivity contribution in [2.24, 2.45) is 0 Å². The molecule has 0 aliphatic carbocycles. The zero-order chi connectivity index (χ0) is 12.3. The number of aryl methyl sites for hydroxylation is 1. The highest BCUT2D eigenvalue weighted by Crippen LogP contribution is 2.27. The molecule has 2 aromatic carbocycles. The molecule has 0 fully saturated rings. The number of ether oxygens (including phenoxy) is 1. The van der Waals surface area contributed by atoms with Gasteiger partial charge in [-0.25, -0.2) is 0 Å². The molecule has 0 aromatic heterocycles. The molecule has 0 radical (unpaired) electrons. The van der Waals surface area contributed by atoms with Crippen LogP contribution in [0.4, 0.5) is 0 Å². The number of benzene rings is 2. The van der Waals surface area contributed by atoms with Gasteiger partial charge in [-0.15, -0.1) is 0 Å². The zero-order valence-electron chi connectivity index (χ0n) is 9.34. The summed E-state index contributed by atoms with van der Waals surface area (Å²) >= 11 is 0. The van der Waals surface area contributed by atoms with E-state index in [2.05, 4.69) is 6.07 Å². The molecule has 0 aliphatic heterocycles. The van der Waals surface area contributed by atoms with Crippen molar-refractivity contribution in [3.63, 3.8) is 0 Å². The van der Waals surface area contributed by atoms with Crippen molar-refractivity contribution in [3.05, 3.63) is 53.6 Å². The molecular weight excluding hydrogens is 214 g/mol. The molecule has 2 rings (SSSR count). The second kappa shape index (κ2) is 4.58. The highest BCUT2D eigenvalue weighted by atomic mass is 16.5. The number of phenols is 1. The third kappa shape index (κ3) is 2.56. The number of aromatic hydroxyl groups is 1. The fourth-order valence-electron chi connectivity index (χ4n) is 1.45. The normalized spacial score (nSPS) is 9.65. The van der Waals surface area contributed by atoms with Crippen molar-refractivity contribution in [3.8, 4) is 23.3 Å². The Kier molecular flexibility index (Phi) is 2.97. The largest absolute Gasteiger partial charge is 0.508 e. The molecule has 1 N–H and O–H groups in total. The Balaban J connectivity index is 2.32. The van der Waals surface area contributed by atoms with Crippen LogP contribution in [0.5, 0.6) is 17.2 Å². The molecule has 0 saturated heterocycles. The summed E-state index contributed by atoms with van der Waals surface area (Å²) < 4.78 is 5.60. The van der Waals surface area contributed by atoms with Gasteiger partial charge in [0.1, 0.15) is 23.3 Å². The monoisotopic (exact) mass is 225 g/mol. The molecule has 3 nitrogen and oxygen atoms in total. The van der Waals surface area contributed by atoms with E-state index in [1.165, 1.54) is 12.1 Å². The summed E-state index contributed by atoms with van der Waals surface area (Å²) in [6.07, 6.45) is 0. The fourth-order valence-corrected chi connectivity index (χ4v) is 1.45. The van der Waals surface area contributed by atoms with Gasteiger partial charge in [-0.2, -0.15) is 5.26 Å². The highest BCUT2D eigenvalue weighted by Gasteiger charge is 2.04. The lowest BCUT2D eigenvalue weighted by molar-refractivity contribution is 0.463. The van der Waals surface area contributed by atoms with Gasteiger partial charge >= 0.3 is 0 Å². The first kappa shape index (κ1) is 11.0. The standard InChI is InChI=1S/C14H11NO2/c1-10-2-3-11(9-15)14(8-10)17-13-6-4-12(16)5-7-13/h2-8,16H,1H3. The van der Waals surface area contributed by atoms with Crippen molar-refractivity contribution in [1.29, 1.82) is 5.26 Å². The van der Waals surface area contributed by atoms with E-state index in [0.29, 0.717) is 17.1 Å². The van der Waals surface area contributed by atoms with E-state index in [1.807, 2.05) is 19.1 Å². The number of phenolic OH excluding ortho intramolecular Hbond substituents is 1. The van der Waals surface area contributed by atoms with Gasteiger partial charge < -0.3 is 9.84 Å². The van der Waals surface area contributed by atoms with Gasteiger partial charge in [0.2, 0.25) is 0 Å². The molecule has 0 atom stereocenters. The minimum atomic E-state index is 0.182. The van der Waals surface area contributed by atoms with Gasteiger partial charge in [0, 0.05) is 0 Å². The van der Waals surface area contributed by atoms with Crippen molar-refractivity contribution >= 4 is 0 Å². The van der Waals surface area contributed by atoms with Crippen molar-refractivity contribution in [2.75, 3.05) is 0 Å². The van der Waals surface area contributed by atoms with Crippen LogP contribution in [0.2, 0.25) is 0 Å². The van der Waals surface area contributed by atoms with Crippen LogP contribution < -0.4 is 4.74 Å². The topological polar surface area (TPSA) is 53.2 Å². The zero-order valence-corrected chi connectivity index (χ0v) is 9.34. The van der Waals surface area contributed by atoms with Gasteiger partial charge in [-0.1, -0.05) is 6.07 Å². The van der Waals surface area contributed by atoms with E-state index in [-0.39, 0.29) is 5.75 Å². The molecule has 0 spiro atoms. The molecule has 0 aliphatic rings. The molecule has 0 amide bonds. The van der Waals surface area contributed by atoms with Gasteiger partial charge in [-0.05, 0) is 48.9 Å². The van der Waals surface area contributed by atoms with E-state index < -0.39 is 0 Å². The Morgan fingerprint density at radius 1 is 1.12 bits per heavy atom. The molecule has 2 aromatic rings. The maximum absolute atomic E-state index is 9.16. The van der Waals surface area contributed by atoms with E-state index in [1.54, 1.807) is 18.2 Å². The maximum atomic E-state index is 9.16. The van der Waals surface area contributed by atoms with Crippen LogP contribution in [-0.4, -0.2) is 5.11 Å². The molecule has 0 heterocycles. The number of nitrogens with zero attached hydrogens (tertiary/aromatic N) is 1. The Labute approximate surface area is 99.5 Å². The van der Waals surface area contributed by atoms with Crippen LogP contribution in [0.25, 0.3) is 0 Å². The Morgan fingerprint density at radius 2 is 1.82 bits per heavy atom. The van der Waals surface area contributed by atoms with Gasteiger partial charge in [-0.3, -0.25) is 0 Å². The second-order valence-electron chi connectivity index (χ2n) is 3.71. The third-order valence-corrected chi connectivity index (χ3v) is 2.32. The number of hydrogen-bond donors (Lipinski definition) is 1. The number of nitriles is 1. The highest BCUT2D eigenvalue weighted by molar-refractivity contribution is 5.47. The van der Waals surface area contributed by atoms with E-state index in [0.717, 1.165) is 5.56 Å². The molecule has 84 valence electrons. The maximum Gasteiger partial charge on any atom is 0.145 e. The van der Waals surface area contributed by atoms with Gasteiger partial charge in [0.15, 0.2) is 0 Å². The predicted molar refractivity (Wildman–Crippen MR) is 64.1 cm³/mol. The Bertz CT molecular complexity index is 568. The van der Waals surface area contributed by atoms with E-state index in [4.69, 9.17) is 15.1 Å². The summed E-state index contributed by atoms with van der Waals surface area (Å²) in [5.41, 5.74) is 1.52. The van der Waals surface area contributed by atoms with E-state index in [9.17, 15) is 0 Å². The summed E-state index contributed by atoms with van der Waals surface area (Å²) in [5.74, 6) is 1.30. The van der Waals surface area contributed by atoms with Crippen molar-refractivity contribution in [2.45, 2.75) is 6.92 Å². The first-order chi connectivity index (χ1) is 8.19. The summed E-state index contributed by atoms with van der Waals surface area (Å²) in [6, 6.07) is 13.9. The molecular formula is C14H11NO2. The van der Waals surface area contributed by atoms with Crippen LogP contribution in [0.3, 0.4) is 0 Å². The average molecular weight is 225 g/mol. The SMILES string of the molecule is Cc1ccc(C#N)c(Oc2ccc(O)cc2)c1. The summed E-state index contributed by atoms with van der Waals surface area (Å²) in [4.78, 5) is 0. The van der Waals surface area contributed by atoms with Crippen molar-refractivity contribution < 1.29 is 9.84 Å². The molecule has 0 unspecified atom stereocenters. The summed E-state index contributed by atoms with van der Waals surface area (Å²) in [5, 5.41) is 18.1. The van der Waals surface area contributed by atoms with Crippen LogP contribution in [-0.2, 0) is 0 Å². The molecule has 0 bridgehead atoms. The second-order valence-corrected chi connectivity index (χ2v) is 3.71. The summed E-state index contributed by atoms with van der Waals surface area (Å²) in [6.45, 7) is 1.94. The van der Waals surface area contributed by atoms with Crippen molar-refractivity contribution in [1.82, 2.24) is 0 Å². The van der Waals surface area contributed by atoms with E-state index >= 15 is 0 Å². The van der Waals surface area contributed by atoms with Crippen LogP contribution in [0.1, 0.15) is 11.1 Å². The smallest absolute Gasteiger partial charge is 0.145 e. The lowest BCUT2D eigenvalue weighted by Gasteiger charge is -2.08. The number of rotatable bonds is 2. The Hall–Kier alpha value is -2.47. The Morgan fingerprint density at radius 3 is 2.47 bits per heavy atom. The predicted octanol–water partition coefficient (Wildman–Crippen LogP) is 3.36.